The molecule has 0 radical (unpaired) electrons. The van der Waals surface area contributed by atoms with Crippen molar-refractivity contribution in [1.82, 2.24) is 10.2 Å². The number of aromatic amines is 1. The van der Waals surface area contributed by atoms with Gasteiger partial charge in [0.05, 0.1) is 5.92 Å². The third kappa shape index (κ3) is 2.51. The van der Waals surface area contributed by atoms with E-state index in [1.807, 2.05) is 6.92 Å². The molecule has 1 aliphatic rings. The predicted molar refractivity (Wildman–Crippen MR) is 80.4 cm³/mol. The molecule has 2 heterocycles. The minimum absolute atomic E-state index is 0.0422. The highest BCUT2D eigenvalue weighted by Gasteiger charge is 2.34. The lowest BCUT2D eigenvalue weighted by atomic mass is 9.84. The molecule has 1 aromatic heterocycles. The Bertz CT molecular complexity index is 843. The SMILES string of the molecule is CC(=O)Oc1ccc([C@@H]2C(C#N)=C(N)Oc3n[nH]c(C)c32)cc1. The summed E-state index contributed by atoms with van der Waals surface area (Å²) in [6.45, 7) is 3.19. The summed E-state index contributed by atoms with van der Waals surface area (Å²) in [4.78, 5) is 11.0. The smallest absolute Gasteiger partial charge is 0.308 e. The highest BCUT2D eigenvalue weighted by molar-refractivity contribution is 5.69. The van der Waals surface area contributed by atoms with E-state index in [9.17, 15) is 10.1 Å². The van der Waals surface area contributed by atoms with Gasteiger partial charge in [-0.2, -0.15) is 5.26 Å². The highest BCUT2D eigenvalue weighted by Crippen LogP contribution is 2.42. The van der Waals surface area contributed by atoms with Gasteiger partial charge in [-0.1, -0.05) is 12.1 Å². The number of benzene rings is 1. The fourth-order valence-electron chi connectivity index (χ4n) is 2.63. The van der Waals surface area contributed by atoms with Gasteiger partial charge in [0.15, 0.2) is 0 Å². The van der Waals surface area contributed by atoms with E-state index in [0.29, 0.717) is 17.2 Å². The van der Waals surface area contributed by atoms with Gasteiger partial charge < -0.3 is 15.2 Å². The van der Waals surface area contributed by atoms with Crippen LogP contribution in [0.1, 0.15) is 29.7 Å². The minimum Gasteiger partial charge on any atom is -0.427 e. The van der Waals surface area contributed by atoms with Gasteiger partial charge in [-0.15, -0.1) is 5.10 Å². The molecule has 1 atom stereocenters. The summed E-state index contributed by atoms with van der Waals surface area (Å²) in [5, 5.41) is 16.4. The second-order valence-electron chi connectivity index (χ2n) is 5.15. The first-order valence-corrected chi connectivity index (χ1v) is 6.92. The average Bonchev–Trinajstić information content (AvgIpc) is 2.87. The van der Waals surface area contributed by atoms with Crippen LogP contribution >= 0.6 is 0 Å². The Morgan fingerprint density at radius 1 is 1.43 bits per heavy atom. The van der Waals surface area contributed by atoms with Crippen LogP contribution in [0.4, 0.5) is 0 Å². The first-order valence-electron chi connectivity index (χ1n) is 6.92. The molecule has 0 saturated carbocycles. The zero-order chi connectivity index (χ0) is 16.6. The number of esters is 1. The normalized spacial score (nSPS) is 16.3. The zero-order valence-electron chi connectivity index (χ0n) is 12.6. The molecule has 23 heavy (non-hydrogen) atoms. The number of rotatable bonds is 2. The number of aromatic nitrogens is 2. The van der Waals surface area contributed by atoms with E-state index in [1.165, 1.54) is 6.92 Å². The number of nitrogens with one attached hydrogen (secondary N) is 1. The summed E-state index contributed by atoms with van der Waals surface area (Å²) < 4.78 is 10.4. The van der Waals surface area contributed by atoms with Crippen LogP contribution in [0.3, 0.4) is 0 Å². The molecule has 0 bridgehead atoms. The molecular formula is C16H14N4O3. The number of carbonyl (C=O) groups is 1. The van der Waals surface area contributed by atoms with Gasteiger partial charge in [-0.05, 0) is 24.6 Å². The number of hydrogen-bond acceptors (Lipinski definition) is 6. The van der Waals surface area contributed by atoms with Crippen molar-refractivity contribution in [3.8, 4) is 17.7 Å². The highest BCUT2D eigenvalue weighted by atomic mass is 16.5. The zero-order valence-corrected chi connectivity index (χ0v) is 12.6. The molecular weight excluding hydrogens is 296 g/mol. The second-order valence-corrected chi connectivity index (χ2v) is 5.15. The van der Waals surface area contributed by atoms with Gasteiger partial charge in [0, 0.05) is 18.2 Å². The van der Waals surface area contributed by atoms with E-state index in [2.05, 4.69) is 16.3 Å². The summed E-state index contributed by atoms with van der Waals surface area (Å²) in [7, 11) is 0. The van der Waals surface area contributed by atoms with E-state index in [4.69, 9.17) is 15.2 Å². The number of carbonyl (C=O) groups excluding carboxylic acids is 1. The van der Waals surface area contributed by atoms with E-state index in [0.717, 1.165) is 16.8 Å². The maximum atomic E-state index is 11.0. The van der Waals surface area contributed by atoms with Crippen LogP contribution in [-0.4, -0.2) is 16.2 Å². The molecule has 0 spiro atoms. The first kappa shape index (κ1) is 14.7. The molecule has 2 aromatic rings. The van der Waals surface area contributed by atoms with Gasteiger partial charge in [0.25, 0.3) is 0 Å². The van der Waals surface area contributed by atoms with E-state index in [-0.39, 0.29) is 11.8 Å². The Morgan fingerprint density at radius 2 is 2.13 bits per heavy atom. The number of aryl methyl sites for hydroxylation is 1. The quantitative estimate of drug-likeness (QED) is 0.646. The topological polar surface area (TPSA) is 114 Å². The van der Waals surface area contributed by atoms with Gasteiger partial charge in [-0.3, -0.25) is 9.89 Å². The summed E-state index contributed by atoms with van der Waals surface area (Å²) in [5.74, 6) is 0.0778. The number of allylic oxidation sites excluding steroid dienone is 1. The van der Waals surface area contributed by atoms with Crippen molar-refractivity contribution in [2.45, 2.75) is 19.8 Å². The van der Waals surface area contributed by atoms with Crippen molar-refractivity contribution in [3.63, 3.8) is 0 Å². The maximum absolute atomic E-state index is 11.0. The molecule has 0 saturated heterocycles. The number of nitriles is 1. The number of nitrogens with two attached hydrogens (primary N) is 1. The van der Waals surface area contributed by atoms with E-state index in [1.54, 1.807) is 24.3 Å². The lowest BCUT2D eigenvalue weighted by Crippen LogP contribution is -2.21. The second kappa shape index (κ2) is 5.50. The van der Waals surface area contributed by atoms with Gasteiger partial charge >= 0.3 is 5.97 Å². The third-order valence-corrected chi connectivity index (χ3v) is 3.60. The Hall–Kier alpha value is -3.27. The molecule has 0 aliphatic carbocycles. The molecule has 116 valence electrons. The molecule has 1 aromatic carbocycles. The monoisotopic (exact) mass is 310 g/mol. The largest absolute Gasteiger partial charge is 0.427 e. The van der Waals surface area contributed by atoms with Crippen molar-refractivity contribution in [2.75, 3.05) is 0 Å². The fraction of sp³-hybridized carbons (Fsp3) is 0.188. The number of ether oxygens (including phenoxy) is 2. The fourth-order valence-corrected chi connectivity index (χ4v) is 2.63. The predicted octanol–water partition coefficient (Wildman–Crippen LogP) is 1.86. The Kier molecular flexibility index (Phi) is 3.50. The van der Waals surface area contributed by atoms with Crippen LogP contribution in [0.5, 0.6) is 11.6 Å². The molecule has 0 amide bonds. The van der Waals surface area contributed by atoms with Crippen LogP contribution in [-0.2, 0) is 4.79 Å². The summed E-state index contributed by atoms with van der Waals surface area (Å²) in [6.07, 6.45) is 0. The number of hydrogen-bond donors (Lipinski definition) is 2. The molecule has 0 unspecified atom stereocenters. The lowest BCUT2D eigenvalue weighted by molar-refractivity contribution is -0.131. The number of nitrogens with zero attached hydrogens (tertiary/aromatic N) is 2. The molecule has 1 aliphatic heterocycles. The van der Waals surface area contributed by atoms with Crippen LogP contribution in [0.25, 0.3) is 0 Å². The number of H-pyrrole nitrogens is 1. The molecule has 3 rings (SSSR count). The van der Waals surface area contributed by atoms with E-state index >= 15 is 0 Å². The van der Waals surface area contributed by atoms with Crippen LogP contribution in [0, 0.1) is 18.3 Å². The summed E-state index contributed by atoms with van der Waals surface area (Å²) in [5.41, 5.74) is 8.57. The van der Waals surface area contributed by atoms with Crippen molar-refractivity contribution in [3.05, 3.63) is 52.5 Å². The third-order valence-electron chi connectivity index (χ3n) is 3.60. The average molecular weight is 310 g/mol. The molecule has 0 fully saturated rings. The Balaban J connectivity index is 2.08. The molecule has 7 heteroatoms. The van der Waals surface area contributed by atoms with Crippen molar-refractivity contribution in [1.29, 1.82) is 5.26 Å². The molecule has 7 nitrogen and oxygen atoms in total. The molecule has 3 N–H and O–H groups in total. The van der Waals surface area contributed by atoms with Crippen LogP contribution < -0.4 is 15.2 Å². The standard InChI is InChI=1S/C16H14N4O3/c1-8-13-14(10-3-5-11(6-4-10)22-9(2)21)12(7-17)15(18)23-16(13)20-19-8/h3-6,14H,18H2,1-2H3,(H,19,20)/t14-/m1/s1. The lowest BCUT2D eigenvalue weighted by Gasteiger charge is -2.23. The van der Waals surface area contributed by atoms with E-state index < -0.39 is 5.97 Å². The van der Waals surface area contributed by atoms with Crippen LogP contribution in [0.15, 0.2) is 35.7 Å². The minimum atomic E-state index is -0.390. The summed E-state index contributed by atoms with van der Waals surface area (Å²) >= 11 is 0. The van der Waals surface area contributed by atoms with Crippen LogP contribution in [0.2, 0.25) is 0 Å². The number of fused-ring (bicyclic) bond motifs is 1. The van der Waals surface area contributed by atoms with Crippen molar-refractivity contribution < 1.29 is 14.3 Å². The van der Waals surface area contributed by atoms with Crippen molar-refractivity contribution >= 4 is 5.97 Å². The Labute approximate surface area is 132 Å². The van der Waals surface area contributed by atoms with Gasteiger partial charge in [-0.25, -0.2) is 0 Å². The summed E-state index contributed by atoms with van der Waals surface area (Å²) in [6, 6.07) is 9.03. The van der Waals surface area contributed by atoms with Gasteiger partial charge in [0.1, 0.15) is 17.4 Å². The Morgan fingerprint density at radius 3 is 2.74 bits per heavy atom. The first-order chi connectivity index (χ1) is 11.0. The van der Waals surface area contributed by atoms with Gasteiger partial charge in [0.2, 0.25) is 11.8 Å². The van der Waals surface area contributed by atoms with Crippen molar-refractivity contribution in [2.24, 2.45) is 5.73 Å². The maximum Gasteiger partial charge on any atom is 0.308 e.